The Hall–Kier alpha value is -2.62. The molecule has 0 atom stereocenters. The van der Waals surface area contributed by atoms with Crippen LogP contribution in [0.4, 0.5) is 5.69 Å². The number of benzene rings is 1. The molecule has 0 radical (unpaired) electrons. The lowest BCUT2D eigenvalue weighted by Crippen LogP contribution is -2.30. The Morgan fingerprint density at radius 1 is 1.09 bits per heavy atom. The molecular formula is C18H20N2O2. The third kappa shape index (κ3) is 4.45. The first-order valence-electron chi connectivity index (χ1n) is 7.23. The van der Waals surface area contributed by atoms with Gasteiger partial charge in [-0.25, -0.2) is 0 Å². The van der Waals surface area contributed by atoms with E-state index in [1.165, 1.54) is 7.11 Å². The van der Waals surface area contributed by atoms with Crippen molar-refractivity contribution in [2.24, 2.45) is 0 Å². The average Bonchev–Trinajstić information content (AvgIpc) is 2.59. The highest BCUT2D eigenvalue weighted by Gasteiger charge is 2.09. The van der Waals surface area contributed by atoms with Gasteiger partial charge in [-0.2, -0.15) is 0 Å². The summed E-state index contributed by atoms with van der Waals surface area (Å²) in [5.74, 6) is -0.233. The highest BCUT2D eigenvalue weighted by atomic mass is 16.5. The van der Waals surface area contributed by atoms with E-state index in [9.17, 15) is 4.79 Å². The number of aromatic nitrogens is 1. The maximum absolute atomic E-state index is 11.4. The molecule has 0 fully saturated rings. The second kappa shape index (κ2) is 7.98. The van der Waals surface area contributed by atoms with Crippen LogP contribution in [0.1, 0.15) is 18.1 Å². The molecule has 0 saturated carbocycles. The van der Waals surface area contributed by atoms with E-state index in [-0.39, 0.29) is 12.5 Å². The zero-order chi connectivity index (χ0) is 15.8. The van der Waals surface area contributed by atoms with Crippen molar-refractivity contribution in [3.63, 3.8) is 0 Å². The highest BCUT2D eigenvalue weighted by Crippen LogP contribution is 2.16. The summed E-state index contributed by atoms with van der Waals surface area (Å²) in [6.07, 6.45) is 7.64. The Kier molecular flexibility index (Phi) is 5.72. The molecule has 0 spiro atoms. The van der Waals surface area contributed by atoms with Crippen LogP contribution >= 0.6 is 0 Å². The Labute approximate surface area is 131 Å². The molecule has 4 nitrogen and oxygen atoms in total. The maximum atomic E-state index is 11.4. The summed E-state index contributed by atoms with van der Waals surface area (Å²) in [5.41, 5.74) is 3.23. The smallest absolute Gasteiger partial charge is 0.325 e. The molecule has 0 N–H and O–H groups in total. The van der Waals surface area contributed by atoms with Crippen LogP contribution in [0.3, 0.4) is 0 Å². The van der Waals surface area contributed by atoms with Crippen molar-refractivity contribution in [3.8, 4) is 0 Å². The minimum Gasteiger partial charge on any atom is -0.468 e. The van der Waals surface area contributed by atoms with Gasteiger partial charge in [0, 0.05) is 24.6 Å². The van der Waals surface area contributed by atoms with Gasteiger partial charge in [-0.1, -0.05) is 24.3 Å². The molecule has 2 aromatic rings. The summed E-state index contributed by atoms with van der Waals surface area (Å²) < 4.78 is 4.72. The van der Waals surface area contributed by atoms with Crippen molar-refractivity contribution in [3.05, 3.63) is 59.9 Å². The molecule has 0 aliphatic rings. The molecule has 2 rings (SSSR count). The average molecular weight is 296 g/mol. The Morgan fingerprint density at radius 3 is 2.23 bits per heavy atom. The summed E-state index contributed by atoms with van der Waals surface area (Å²) in [6.45, 7) is 3.03. The predicted octanol–water partition coefficient (Wildman–Crippen LogP) is 3.25. The van der Waals surface area contributed by atoms with Crippen LogP contribution in [-0.2, 0) is 9.53 Å². The SMILES string of the molecule is CCN(CC(=O)OC)c1ccc(/C=C/c2ccncc2)cc1. The number of methoxy groups -OCH3 is 1. The monoisotopic (exact) mass is 296 g/mol. The summed E-state index contributed by atoms with van der Waals surface area (Å²) in [5, 5.41) is 0. The Morgan fingerprint density at radius 2 is 1.68 bits per heavy atom. The van der Waals surface area contributed by atoms with E-state index < -0.39 is 0 Å². The normalized spacial score (nSPS) is 10.6. The zero-order valence-electron chi connectivity index (χ0n) is 12.9. The predicted molar refractivity (Wildman–Crippen MR) is 89.5 cm³/mol. The number of nitrogens with zero attached hydrogens (tertiary/aromatic N) is 2. The number of carbonyl (C=O) groups excluding carboxylic acids is 1. The molecule has 114 valence electrons. The molecule has 1 aromatic heterocycles. The minimum atomic E-state index is -0.233. The van der Waals surface area contributed by atoms with Crippen LogP contribution in [-0.4, -0.2) is 31.2 Å². The molecule has 0 aliphatic heterocycles. The fourth-order valence-electron chi connectivity index (χ4n) is 2.07. The summed E-state index contributed by atoms with van der Waals surface area (Å²) in [7, 11) is 1.41. The van der Waals surface area contributed by atoms with E-state index in [1.54, 1.807) is 12.4 Å². The Balaban J connectivity index is 2.06. The third-order valence-electron chi connectivity index (χ3n) is 3.36. The summed E-state index contributed by atoms with van der Waals surface area (Å²) in [4.78, 5) is 17.4. The van der Waals surface area contributed by atoms with Gasteiger partial charge in [-0.3, -0.25) is 9.78 Å². The molecule has 0 saturated heterocycles. The van der Waals surface area contributed by atoms with Crippen LogP contribution in [0.15, 0.2) is 48.8 Å². The molecular weight excluding hydrogens is 276 g/mol. The van der Waals surface area contributed by atoms with E-state index in [2.05, 4.69) is 11.1 Å². The van der Waals surface area contributed by atoms with E-state index in [1.807, 2.05) is 54.3 Å². The number of likely N-dealkylation sites (N-methyl/N-ethyl adjacent to an activating group) is 1. The summed E-state index contributed by atoms with van der Waals surface area (Å²) >= 11 is 0. The largest absolute Gasteiger partial charge is 0.468 e. The number of rotatable bonds is 6. The van der Waals surface area contributed by atoms with Gasteiger partial charge in [0.05, 0.1) is 7.11 Å². The molecule has 0 aliphatic carbocycles. The van der Waals surface area contributed by atoms with Crippen LogP contribution in [0.2, 0.25) is 0 Å². The van der Waals surface area contributed by atoms with Crippen molar-refractivity contribution in [2.75, 3.05) is 25.1 Å². The minimum absolute atomic E-state index is 0.233. The second-order valence-electron chi connectivity index (χ2n) is 4.80. The first kappa shape index (κ1) is 15.8. The number of hydrogen-bond donors (Lipinski definition) is 0. The van der Waals surface area contributed by atoms with Crippen molar-refractivity contribution in [1.82, 2.24) is 4.98 Å². The van der Waals surface area contributed by atoms with Crippen molar-refractivity contribution in [2.45, 2.75) is 6.92 Å². The Bertz CT molecular complexity index is 621. The number of anilines is 1. The van der Waals surface area contributed by atoms with Gasteiger partial charge in [0.15, 0.2) is 0 Å². The molecule has 1 aromatic carbocycles. The van der Waals surface area contributed by atoms with Gasteiger partial charge in [0.1, 0.15) is 6.54 Å². The lowest BCUT2D eigenvalue weighted by molar-refractivity contribution is -0.138. The number of hydrogen-bond acceptors (Lipinski definition) is 4. The lowest BCUT2D eigenvalue weighted by atomic mass is 10.1. The van der Waals surface area contributed by atoms with Crippen LogP contribution in [0.5, 0.6) is 0 Å². The van der Waals surface area contributed by atoms with Crippen molar-refractivity contribution < 1.29 is 9.53 Å². The first-order chi connectivity index (χ1) is 10.7. The van der Waals surface area contributed by atoms with Gasteiger partial charge < -0.3 is 9.64 Å². The number of esters is 1. The second-order valence-corrected chi connectivity index (χ2v) is 4.80. The first-order valence-corrected chi connectivity index (χ1v) is 7.23. The number of ether oxygens (including phenoxy) is 1. The molecule has 0 unspecified atom stereocenters. The van der Waals surface area contributed by atoms with Gasteiger partial charge in [0.25, 0.3) is 0 Å². The molecule has 22 heavy (non-hydrogen) atoms. The number of pyridine rings is 1. The van der Waals surface area contributed by atoms with E-state index >= 15 is 0 Å². The fourth-order valence-corrected chi connectivity index (χ4v) is 2.07. The summed E-state index contributed by atoms with van der Waals surface area (Å²) in [6, 6.07) is 12.0. The van der Waals surface area contributed by atoms with Gasteiger partial charge >= 0.3 is 5.97 Å². The number of carbonyl (C=O) groups is 1. The van der Waals surface area contributed by atoms with Crippen LogP contribution in [0.25, 0.3) is 12.2 Å². The third-order valence-corrected chi connectivity index (χ3v) is 3.36. The van der Waals surface area contributed by atoms with E-state index in [0.29, 0.717) is 0 Å². The molecule has 0 amide bonds. The van der Waals surface area contributed by atoms with Gasteiger partial charge in [0.2, 0.25) is 0 Å². The van der Waals surface area contributed by atoms with Crippen molar-refractivity contribution >= 4 is 23.8 Å². The quantitative estimate of drug-likeness (QED) is 0.767. The van der Waals surface area contributed by atoms with Crippen LogP contribution < -0.4 is 4.90 Å². The maximum Gasteiger partial charge on any atom is 0.325 e. The fraction of sp³-hybridized carbons (Fsp3) is 0.222. The molecule has 1 heterocycles. The molecule has 0 bridgehead atoms. The van der Waals surface area contributed by atoms with E-state index in [0.717, 1.165) is 23.4 Å². The molecule has 4 heteroatoms. The standard InChI is InChI=1S/C18H20N2O2/c1-3-20(14-18(21)22-2)17-8-6-15(7-9-17)4-5-16-10-12-19-13-11-16/h4-13H,3,14H2,1-2H3/b5-4+. The van der Waals surface area contributed by atoms with Gasteiger partial charge in [-0.05, 0) is 42.3 Å². The van der Waals surface area contributed by atoms with Crippen LogP contribution in [0, 0.1) is 0 Å². The van der Waals surface area contributed by atoms with Gasteiger partial charge in [-0.15, -0.1) is 0 Å². The topological polar surface area (TPSA) is 42.4 Å². The van der Waals surface area contributed by atoms with E-state index in [4.69, 9.17) is 4.74 Å². The highest BCUT2D eigenvalue weighted by molar-refractivity contribution is 5.76. The van der Waals surface area contributed by atoms with Crippen molar-refractivity contribution in [1.29, 1.82) is 0 Å². The lowest BCUT2D eigenvalue weighted by Gasteiger charge is -2.21. The zero-order valence-corrected chi connectivity index (χ0v) is 12.9.